The molecule has 4 nitrogen and oxygen atoms in total. The summed E-state index contributed by atoms with van der Waals surface area (Å²) in [5.41, 5.74) is 2.20. The first-order chi connectivity index (χ1) is 9.47. The molecule has 1 unspecified atom stereocenters. The van der Waals surface area contributed by atoms with Crippen molar-refractivity contribution in [3.8, 4) is 0 Å². The van der Waals surface area contributed by atoms with Gasteiger partial charge in [0.15, 0.2) is 0 Å². The van der Waals surface area contributed by atoms with Crippen LogP contribution in [0, 0.1) is 6.92 Å². The Hall–Kier alpha value is -1.16. The van der Waals surface area contributed by atoms with E-state index in [0.717, 1.165) is 30.4 Å². The van der Waals surface area contributed by atoms with Gasteiger partial charge in [-0.05, 0) is 52.1 Å². The molecule has 1 fully saturated rings. The average Bonchev–Trinajstić information content (AvgIpc) is 2.87. The molecule has 1 atom stereocenters. The highest BCUT2D eigenvalue weighted by Gasteiger charge is 2.22. The third-order valence-electron chi connectivity index (χ3n) is 3.91. The first-order valence-corrected chi connectivity index (χ1v) is 7.83. The Morgan fingerprint density at radius 3 is 2.60 bits per heavy atom. The summed E-state index contributed by atoms with van der Waals surface area (Å²) in [6, 6.07) is 3.09. The number of aryl methyl sites for hydroxylation is 1. The zero-order chi connectivity index (χ0) is 14.7. The number of hydrogen-bond acceptors (Lipinski definition) is 4. The summed E-state index contributed by atoms with van der Waals surface area (Å²) in [6.07, 6.45) is 2.54. The van der Waals surface area contributed by atoms with Crippen LogP contribution in [0.2, 0.25) is 0 Å². The molecule has 1 aliphatic rings. The fourth-order valence-corrected chi connectivity index (χ4v) is 2.67. The van der Waals surface area contributed by atoms with Crippen molar-refractivity contribution < 1.29 is 0 Å². The molecule has 0 aliphatic carbocycles. The Kier molecular flexibility index (Phi) is 4.97. The monoisotopic (exact) mass is 276 g/mol. The first-order valence-electron chi connectivity index (χ1n) is 7.83. The Balaban J connectivity index is 2.23. The average molecular weight is 276 g/mol. The molecule has 0 bridgehead atoms. The largest absolute Gasteiger partial charge is 0.337 e. The fourth-order valence-electron chi connectivity index (χ4n) is 2.67. The molecule has 1 aromatic rings. The molecule has 0 aromatic carbocycles. The molecule has 1 aliphatic heterocycles. The molecule has 0 radical (unpaired) electrons. The highest BCUT2D eigenvalue weighted by atomic mass is 15.3. The summed E-state index contributed by atoms with van der Waals surface area (Å²) in [5, 5.41) is 3.57. The molecule has 112 valence electrons. The van der Waals surface area contributed by atoms with E-state index in [-0.39, 0.29) is 0 Å². The van der Waals surface area contributed by atoms with Crippen molar-refractivity contribution >= 4 is 5.95 Å². The Morgan fingerprint density at radius 2 is 2.05 bits per heavy atom. The zero-order valence-corrected chi connectivity index (χ0v) is 13.5. The fraction of sp³-hybridized carbons (Fsp3) is 0.750. The lowest BCUT2D eigenvalue weighted by Gasteiger charge is -2.30. The van der Waals surface area contributed by atoms with Crippen molar-refractivity contribution in [3.05, 3.63) is 17.5 Å². The van der Waals surface area contributed by atoms with Crippen LogP contribution in [0.1, 0.15) is 57.8 Å². The molecule has 2 rings (SSSR count). The van der Waals surface area contributed by atoms with Gasteiger partial charge in [-0.1, -0.05) is 13.8 Å². The minimum absolute atomic E-state index is 0.416. The molecular weight excluding hydrogens is 248 g/mol. The smallest absolute Gasteiger partial charge is 0.226 e. The highest BCUT2D eigenvalue weighted by Crippen LogP contribution is 2.20. The van der Waals surface area contributed by atoms with E-state index in [0.29, 0.717) is 18.0 Å². The summed E-state index contributed by atoms with van der Waals surface area (Å²) in [4.78, 5) is 11.8. The standard InChI is InChI=1S/C16H28N4/c1-11(2)15-9-13(5)18-16(19-15)20(12(3)4)10-14-7-6-8-17-14/h9,11-12,14,17H,6-8,10H2,1-5H3. The lowest BCUT2D eigenvalue weighted by atomic mass is 10.1. The summed E-state index contributed by atoms with van der Waals surface area (Å²) in [7, 11) is 0. The maximum absolute atomic E-state index is 4.78. The van der Waals surface area contributed by atoms with E-state index in [1.807, 2.05) is 0 Å². The lowest BCUT2D eigenvalue weighted by Crippen LogP contribution is -2.42. The van der Waals surface area contributed by atoms with Crippen LogP contribution >= 0.6 is 0 Å². The van der Waals surface area contributed by atoms with Crippen LogP contribution in [0.25, 0.3) is 0 Å². The van der Waals surface area contributed by atoms with E-state index in [1.54, 1.807) is 0 Å². The summed E-state index contributed by atoms with van der Waals surface area (Å²) >= 11 is 0. The van der Waals surface area contributed by atoms with Gasteiger partial charge in [-0.2, -0.15) is 0 Å². The lowest BCUT2D eigenvalue weighted by molar-refractivity contribution is 0.543. The highest BCUT2D eigenvalue weighted by molar-refractivity contribution is 5.34. The first kappa shape index (κ1) is 15.2. The van der Waals surface area contributed by atoms with Crippen molar-refractivity contribution in [2.45, 2.75) is 65.5 Å². The van der Waals surface area contributed by atoms with E-state index in [2.05, 4.69) is 55.9 Å². The van der Waals surface area contributed by atoms with Crippen LogP contribution in [0.3, 0.4) is 0 Å². The van der Waals surface area contributed by atoms with Gasteiger partial charge < -0.3 is 10.2 Å². The number of anilines is 1. The molecule has 0 saturated carbocycles. The Bertz CT molecular complexity index is 436. The van der Waals surface area contributed by atoms with Gasteiger partial charge in [0.2, 0.25) is 5.95 Å². The molecular formula is C16H28N4. The van der Waals surface area contributed by atoms with Gasteiger partial charge in [0.05, 0.1) is 0 Å². The summed E-state index contributed by atoms with van der Waals surface area (Å²) in [6.45, 7) is 13.0. The predicted octanol–water partition coefficient (Wildman–Crippen LogP) is 2.88. The van der Waals surface area contributed by atoms with Crippen molar-refractivity contribution in [1.82, 2.24) is 15.3 Å². The number of nitrogens with one attached hydrogen (secondary N) is 1. The molecule has 0 amide bonds. The summed E-state index contributed by atoms with van der Waals surface area (Å²) in [5.74, 6) is 1.33. The van der Waals surface area contributed by atoms with Gasteiger partial charge in [-0.15, -0.1) is 0 Å². The molecule has 0 spiro atoms. The maximum atomic E-state index is 4.78. The van der Waals surface area contributed by atoms with Crippen molar-refractivity contribution in [2.24, 2.45) is 0 Å². The van der Waals surface area contributed by atoms with E-state index >= 15 is 0 Å². The second-order valence-corrected chi connectivity index (χ2v) is 6.43. The SMILES string of the molecule is Cc1cc(C(C)C)nc(N(CC2CCCN2)C(C)C)n1. The molecule has 1 N–H and O–H groups in total. The predicted molar refractivity (Wildman–Crippen MR) is 84.4 cm³/mol. The van der Waals surface area contributed by atoms with Crippen LogP contribution in [0.15, 0.2) is 6.07 Å². The number of aromatic nitrogens is 2. The van der Waals surface area contributed by atoms with Crippen molar-refractivity contribution in [3.63, 3.8) is 0 Å². The van der Waals surface area contributed by atoms with Crippen LogP contribution in [0.5, 0.6) is 0 Å². The number of rotatable bonds is 5. The van der Waals surface area contributed by atoms with E-state index < -0.39 is 0 Å². The minimum Gasteiger partial charge on any atom is -0.337 e. The van der Waals surface area contributed by atoms with Crippen LogP contribution in [-0.2, 0) is 0 Å². The zero-order valence-electron chi connectivity index (χ0n) is 13.5. The third kappa shape index (κ3) is 3.69. The van der Waals surface area contributed by atoms with Gasteiger partial charge >= 0.3 is 0 Å². The molecule has 4 heteroatoms. The van der Waals surface area contributed by atoms with Gasteiger partial charge in [0.25, 0.3) is 0 Å². The topological polar surface area (TPSA) is 41.1 Å². The quantitative estimate of drug-likeness (QED) is 0.898. The second-order valence-electron chi connectivity index (χ2n) is 6.43. The third-order valence-corrected chi connectivity index (χ3v) is 3.91. The van der Waals surface area contributed by atoms with E-state index in [9.17, 15) is 0 Å². The summed E-state index contributed by atoms with van der Waals surface area (Å²) < 4.78 is 0. The van der Waals surface area contributed by atoms with Crippen molar-refractivity contribution in [1.29, 1.82) is 0 Å². The van der Waals surface area contributed by atoms with Crippen LogP contribution in [0.4, 0.5) is 5.95 Å². The Morgan fingerprint density at radius 1 is 1.30 bits per heavy atom. The number of hydrogen-bond donors (Lipinski definition) is 1. The molecule has 20 heavy (non-hydrogen) atoms. The number of nitrogens with zero attached hydrogens (tertiary/aromatic N) is 3. The van der Waals surface area contributed by atoms with Crippen molar-refractivity contribution in [2.75, 3.05) is 18.0 Å². The van der Waals surface area contributed by atoms with E-state index in [4.69, 9.17) is 4.98 Å². The van der Waals surface area contributed by atoms with Crippen LogP contribution < -0.4 is 10.2 Å². The molecule has 1 aromatic heterocycles. The minimum atomic E-state index is 0.416. The van der Waals surface area contributed by atoms with Gasteiger partial charge in [-0.25, -0.2) is 9.97 Å². The van der Waals surface area contributed by atoms with E-state index in [1.165, 1.54) is 12.8 Å². The van der Waals surface area contributed by atoms with Gasteiger partial charge in [-0.3, -0.25) is 0 Å². The second kappa shape index (κ2) is 6.53. The Labute approximate surface area is 123 Å². The van der Waals surface area contributed by atoms with Gasteiger partial charge in [0.1, 0.15) is 0 Å². The van der Waals surface area contributed by atoms with Gasteiger partial charge in [0, 0.05) is 30.0 Å². The van der Waals surface area contributed by atoms with Crippen LogP contribution in [-0.4, -0.2) is 35.1 Å². The molecule has 2 heterocycles. The maximum Gasteiger partial charge on any atom is 0.226 e. The molecule has 1 saturated heterocycles. The normalized spacial score (nSPS) is 19.1.